The van der Waals surface area contributed by atoms with Gasteiger partial charge < -0.3 is 18.6 Å². The Hall–Kier alpha value is -5.68. The molecular weight excluding hydrogens is 755 g/mol. The highest BCUT2D eigenvalue weighted by atomic mass is 16.3. The number of para-hydroxylation sites is 1. The lowest BCUT2D eigenvalue weighted by molar-refractivity contribution is 0.332. The molecule has 0 amide bonds. The molecule has 3 aliphatic rings. The van der Waals surface area contributed by atoms with Crippen LogP contribution in [-0.2, 0) is 22.7 Å². The maximum Gasteiger partial charge on any atom is 0.297 e. The molecule has 0 bridgehead atoms. The first-order valence-electron chi connectivity index (χ1n) is 23.1. The van der Waals surface area contributed by atoms with Crippen LogP contribution >= 0.6 is 0 Å². The van der Waals surface area contributed by atoms with E-state index in [-0.39, 0.29) is 23.0 Å². The molecular formula is C57H59BN2O2. The summed E-state index contributed by atoms with van der Waals surface area (Å²) in [5.41, 5.74) is 21.6. The van der Waals surface area contributed by atoms with Gasteiger partial charge in [0.05, 0.1) is 11.3 Å². The van der Waals surface area contributed by atoms with Crippen molar-refractivity contribution in [1.29, 1.82) is 0 Å². The van der Waals surface area contributed by atoms with Crippen molar-refractivity contribution in [2.45, 2.75) is 124 Å². The molecule has 0 saturated heterocycles. The van der Waals surface area contributed by atoms with E-state index in [0.29, 0.717) is 5.92 Å². The van der Waals surface area contributed by atoms with Crippen LogP contribution in [-0.4, -0.2) is 6.71 Å². The summed E-state index contributed by atoms with van der Waals surface area (Å²) < 4.78 is 14.3. The van der Waals surface area contributed by atoms with Crippen molar-refractivity contribution in [2.24, 2.45) is 0 Å². The summed E-state index contributed by atoms with van der Waals surface area (Å²) in [4.78, 5) is 5.10. The normalized spacial score (nSPS) is 16.3. The number of anilines is 6. The molecule has 0 unspecified atom stereocenters. The molecule has 11 rings (SSSR count). The molecule has 2 aromatic heterocycles. The van der Waals surface area contributed by atoms with E-state index in [1.807, 2.05) is 0 Å². The predicted octanol–water partition coefficient (Wildman–Crippen LogP) is 14.4. The van der Waals surface area contributed by atoms with Crippen LogP contribution in [0.25, 0.3) is 32.9 Å². The van der Waals surface area contributed by atoms with Crippen LogP contribution in [0.5, 0.6) is 0 Å². The van der Waals surface area contributed by atoms with Crippen molar-refractivity contribution in [1.82, 2.24) is 0 Å². The quantitative estimate of drug-likeness (QED) is 0.157. The number of aryl methyl sites for hydroxylation is 2. The van der Waals surface area contributed by atoms with Crippen LogP contribution in [0, 0.1) is 6.92 Å². The molecule has 2 aliphatic heterocycles. The number of hydrogen-bond donors (Lipinski definition) is 0. The molecule has 0 spiro atoms. The second-order valence-electron chi connectivity index (χ2n) is 21.0. The highest BCUT2D eigenvalue weighted by Crippen LogP contribution is 2.52. The monoisotopic (exact) mass is 814 g/mol. The third-order valence-electron chi connectivity index (χ3n) is 15.4. The van der Waals surface area contributed by atoms with Gasteiger partial charge in [0.25, 0.3) is 6.71 Å². The molecule has 6 aromatic carbocycles. The van der Waals surface area contributed by atoms with Crippen molar-refractivity contribution in [2.75, 3.05) is 9.80 Å². The average Bonchev–Trinajstić information content (AvgIpc) is 3.81. The highest BCUT2D eigenvalue weighted by Gasteiger charge is 2.48. The molecule has 8 aromatic rings. The number of rotatable bonds is 6. The topological polar surface area (TPSA) is 32.8 Å². The standard InChI is InChI=1S/C57H59BN2O2/c1-12-35-18-20-36(21-19-35)59-46-30-40-39-16-14-15-17-49(39)61-51(40)32-45(46)58-52-47(59)26-34(5)27-48(52)60(37-22-23-38(33(3)4)42(28-37)55(6,7)13-2)53-41-29-43-44(31-50(41)62-54(53)58)57(10,11)25-24-56(43,8)9/h14-23,26-33H,12-13,24-25H2,1-11H3. The molecule has 62 heavy (non-hydrogen) atoms. The zero-order chi connectivity index (χ0) is 43.2. The van der Waals surface area contributed by atoms with Gasteiger partial charge in [0, 0.05) is 44.6 Å². The van der Waals surface area contributed by atoms with Gasteiger partial charge in [-0.05, 0) is 166 Å². The van der Waals surface area contributed by atoms with E-state index in [2.05, 4.69) is 189 Å². The SMILES string of the molecule is CCc1ccc(N2c3cc4c(cc3B3c5oc6cc7c(cc6c5N(c5ccc(C(C)C)c(C(C)(C)CC)c5)c5cc(C)cc2c53)C(C)(C)CCC7(C)C)oc2ccccc24)cc1. The van der Waals surface area contributed by atoms with E-state index >= 15 is 0 Å². The first kappa shape index (κ1) is 39.2. The van der Waals surface area contributed by atoms with Gasteiger partial charge in [-0.2, -0.15) is 0 Å². The summed E-state index contributed by atoms with van der Waals surface area (Å²) in [6.07, 6.45) is 4.34. The van der Waals surface area contributed by atoms with Crippen molar-refractivity contribution in [3.05, 3.63) is 137 Å². The Kier molecular flexibility index (Phi) is 8.48. The van der Waals surface area contributed by atoms with Crippen LogP contribution in [0.1, 0.15) is 128 Å². The van der Waals surface area contributed by atoms with E-state index in [9.17, 15) is 0 Å². The molecule has 4 heterocycles. The zero-order valence-electron chi connectivity index (χ0n) is 38.5. The maximum absolute atomic E-state index is 7.54. The second kappa shape index (κ2) is 13.4. The largest absolute Gasteiger partial charge is 0.468 e. The molecule has 5 heteroatoms. The Morgan fingerprint density at radius 2 is 1.32 bits per heavy atom. The van der Waals surface area contributed by atoms with E-state index in [4.69, 9.17) is 8.83 Å². The fraction of sp³-hybridized carbons (Fsp3) is 0.333. The molecule has 1 aliphatic carbocycles. The Morgan fingerprint density at radius 3 is 2.02 bits per heavy atom. The smallest absolute Gasteiger partial charge is 0.297 e. The predicted molar refractivity (Wildman–Crippen MR) is 264 cm³/mol. The number of furan rings is 2. The van der Waals surface area contributed by atoms with E-state index in [1.54, 1.807) is 0 Å². The van der Waals surface area contributed by atoms with Gasteiger partial charge in [-0.25, -0.2) is 0 Å². The fourth-order valence-electron chi connectivity index (χ4n) is 11.3. The summed E-state index contributed by atoms with van der Waals surface area (Å²) >= 11 is 0. The van der Waals surface area contributed by atoms with Crippen LogP contribution < -0.4 is 26.4 Å². The lowest BCUT2D eigenvalue weighted by atomic mass is 9.35. The van der Waals surface area contributed by atoms with Gasteiger partial charge >= 0.3 is 0 Å². The van der Waals surface area contributed by atoms with Gasteiger partial charge in [-0.3, -0.25) is 0 Å². The summed E-state index contributed by atoms with van der Waals surface area (Å²) in [5.74, 6) is 0.406. The first-order chi connectivity index (χ1) is 29.6. The van der Waals surface area contributed by atoms with Gasteiger partial charge in [0.1, 0.15) is 16.7 Å². The van der Waals surface area contributed by atoms with Crippen molar-refractivity contribution >= 4 is 90.3 Å². The van der Waals surface area contributed by atoms with Crippen molar-refractivity contribution in [3.63, 3.8) is 0 Å². The summed E-state index contributed by atoms with van der Waals surface area (Å²) in [5, 5.41) is 3.45. The van der Waals surface area contributed by atoms with E-state index in [1.165, 1.54) is 66.8 Å². The van der Waals surface area contributed by atoms with Crippen molar-refractivity contribution in [3.8, 4) is 0 Å². The zero-order valence-corrected chi connectivity index (χ0v) is 38.5. The number of hydrogen-bond acceptors (Lipinski definition) is 4. The Bertz CT molecular complexity index is 3140. The molecule has 0 N–H and O–H groups in total. The summed E-state index contributed by atoms with van der Waals surface area (Å²) in [7, 11) is 0. The molecule has 0 fully saturated rings. The minimum absolute atomic E-state index is 0.00567. The van der Waals surface area contributed by atoms with Gasteiger partial charge in [0.2, 0.25) is 0 Å². The third kappa shape index (κ3) is 5.58. The van der Waals surface area contributed by atoms with E-state index in [0.717, 1.165) is 75.9 Å². The lowest BCUT2D eigenvalue weighted by Crippen LogP contribution is -2.61. The summed E-state index contributed by atoms with van der Waals surface area (Å²) in [6, 6.07) is 39.4. The fourth-order valence-corrected chi connectivity index (χ4v) is 11.3. The maximum atomic E-state index is 7.54. The minimum atomic E-state index is -0.169. The molecule has 0 atom stereocenters. The van der Waals surface area contributed by atoms with E-state index < -0.39 is 0 Å². The average molecular weight is 815 g/mol. The van der Waals surface area contributed by atoms with Gasteiger partial charge in [0.15, 0.2) is 0 Å². The highest BCUT2D eigenvalue weighted by molar-refractivity contribution is 7.00. The summed E-state index contributed by atoms with van der Waals surface area (Å²) in [6.45, 7) is 25.8. The lowest BCUT2D eigenvalue weighted by Gasteiger charge is -2.43. The number of nitrogens with zero attached hydrogens (tertiary/aromatic N) is 2. The number of fused-ring (bicyclic) bond motifs is 10. The van der Waals surface area contributed by atoms with Crippen LogP contribution in [0.4, 0.5) is 34.1 Å². The minimum Gasteiger partial charge on any atom is -0.468 e. The Morgan fingerprint density at radius 1 is 0.661 bits per heavy atom. The van der Waals surface area contributed by atoms with Crippen LogP contribution in [0.15, 0.2) is 112 Å². The van der Waals surface area contributed by atoms with Crippen molar-refractivity contribution < 1.29 is 8.83 Å². The van der Waals surface area contributed by atoms with Gasteiger partial charge in [-0.1, -0.05) is 106 Å². The second-order valence-corrected chi connectivity index (χ2v) is 21.0. The first-order valence-corrected chi connectivity index (χ1v) is 23.1. The van der Waals surface area contributed by atoms with Crippen LogP contribution in [0.3, 0.4) is 0 Å². The number of benzene rings is 6. The van der Waals surface area contributed by atoms with Crippen LogP contribution in [0.2, 0.25) is 0 Å². The Labute approximate surface area is 368 Å². The van der Waals surface area contributed by atoms with Gasteiger partial charge in [-0.15, -0.1) is 0 Å². The molecule has 0 radical (unpaired) electrons. The molecule has 4 nitrogen and oxygen atoms in total. The Balaban J connectivity index is 1.28. The third-order valence-corrected chi connectivity index (χ3v) is 15.4. The molecule has 312 valence electrons. The molecule has 0 saturated carbocycles.